The summed E-state index contributed by atoms with van der Waals surface area (Å²) in [5, 5.41) is 2.92. The van der Waals surface area contributed by atoms with Crippen molar-refractivity contribution in [3.05, 3.63) is 28.7 Å². The van der Waals surface area contributed by atoms with Crippen LogP contribution in [0.5, 0.6) is 0 Å². The van der Waals surface area contributed by atoms with E-state index in [1.807, 2.05) is 39.8 Å². The number of anilines is 1. The van der Waals surface area contributed by atoms with Crippen LogP contribution in [0.1, 0.15) is 39.2 Å². The second-order valence-electron chi connectivity index (χ2n) is 7.34. The standard InChI is InChI=1S/C18H27N3O4/c1-13-6-7-15(21(23)24-5)16(12-13)20-10-8-14(9-11-20)19-17(22)25-18(2,3)4/h6-7,12,14H,8-11H2,1-5H3/p+1. The number of ether oxygens (including phenoxy) is 1. The van der Waals surface area contributed by atoms with E-state index in [0.717, 1.165) is 37.2 Å². The van der Waals surface area contributed by atoms with E-state index in [4.69, 9.17) is 9.57 Å². The third kappa shape index (κ3) is 5.34. The third-order valence-electron chi connectivity index (χ3n) is 4.05. The van der Waals surface area contributed by atoms with Gasteiger partial charge in [0.25, 0.3) is 4.92 Å². The molecule has 7 nitrogen and oxygen atoms in total. The Balaban J connectivity index is 2.00. The van der Waals surface area contributed by atoms with Gasteiger partial charge in [-0.15, -0.1) is 0 Å². The van der Waals surface area contributed by atoms with E-state index in [1.165, 1.54) is 7.11 Å². The molecule has 1 amide bonds. The molecule has 0 bridgehead atoms. The van der Waals surface area contributed by atoms with Gasteiger partial charge in [-0.2, -0.15) is 0 Å². The van der Waals surface area contributed by atoms with Crippen molar-refractivity contribution < 1.29 is 19.3 Å². The number of benzene rings is 1. The molecule has 1 aromatic carbocycles. The molecule has 0 spiro atoms. The van der Waals surface area contributed by atoms with Crippen LogP contribution >= 0.6 is 0 Å². The lowest BCUT2D eigenvalue weighted by atomic mass is 10.0. The highest BCUT2D eigenvalue weighted by Crippen LogP contribution is 2.31. The van der Waals surface area contributed by atoms with E-state index < -0.39 is 5.60 Å². The van der Waals surface area contributed by atoms with Crippen molar-refractivity contribution in [1.29, 1.82) is 0 Å². The number of nitrogens with zero attached hydrogens (tertiary/aromatic N) is 2. The van der Waals surface area contributed by atoms with Crippen LogP contribution in [-0.4, -0.2) is 42.9 Å². The van der Waals surface area contributed by atoms with Crippen molar-refractivity contribution in [2.75, 3.05) is 25.1 Å². The minimum absolute atomic E-state index is 0.0742. The van der Waals surface area contributed by atoms with Crippen molar-refractivity contribution in [3.63, 3.8) is 0 Å². The molecule has 2 rings (SSSR count). The van der Waals surface area contributed by atoms with Gasteiger partial charge >= 0.3 is 11.8 Å². The summed E-state index contributed by atoms with van der Waals surface area (Å²) in [6, 6.07) is 5.72. The molecule has 1 N–H and O–H groups in total. The SMILES string of the molecule is CO[N+](=O)c1ccc(C)cc1N1CCC(NC(=O)OC(C)(C)C)CC1. The number of alkyl carbamates (subject to hydrolysis) is 1. The summed E-state index contributed by atoms with van der Waals surface area (Å²) >= 11 is 0. The first-order chi connectivity index (χ1) is 11.7. The molecule has 1 fully saturated rings. The maximum Gasteiger partial charge on any atom is 0.407 e. The zero-order valence-corrected chi connectivity index (χ0v) is 15.7. The van der Waals surface area contributed by atoms with Crippen LogP contribution in [0.25, 0.3) is 0 Å². The van der Waals surface area contributed by atoms with Gasteiger partial charge in [-0.25, -0.2) is 9.63 Å². The fourth-order valence-corrected chi connectivity index (χ4v) is 2.88. The largest absolute Gasteiger partial charge is 0.444 e. The van der Waals surface area contributed by atoms with Crippen molar-refractivity contribution >= 4 is 17.5 Å². The third-order valence-corrected chi connectivity index (χ3v) is 4.05. The fourth-order valence-electron chi connectivity index (χ4n) is 2.88. The maximum absolute atomic E-state index is 11.9. The first kappa shape index (κ1) is 19.0. The van der Waals surface area contributed by atoms with Crippen LogP contribution < -0.4 is 10.2 Å². The van der Waals surface area contributed by atoms with Crippen LogP contribution in [0.2, 0.25) is 0 Å². The van der Waals surface area contributed by atoms with Gasteiger partial charge in [0.15, 0.2) is 7.11 Å². The van der Waals surface area contributed by atoms with Gasteiger partial charge in [0.2, 0.25) is 0 Å². The molecule has 1 saturated heterocycles. The second-order valence-corrected chi connectivity index (χ2v) is 7.34. The predicted octanol–water partition coefficient (Wildman–Crippen LogP) is 3.46. The van der Waals surface area contributed by atoms with Crippen LogP contribution in [-0.2, 0) is 9.57 Å². The first-order valence-corrected chi connectivity index (χ1v) is 8.56. The Labute approximate surface area is 148 Å². The van der Waals surface area contributed by atoms with Crippen LogP contribution in [0, 0.1) is 11.8 Å². The van der Waals surface area contributed by atoms with Gasteiger partial charge in [-0.3, -0.25) is 0 Å². The van der Waals surface area contributed by atoms with E-state index in [0.29, 0.717) is 10.6 Å². The zero-order valence-electron chi connectivity index (χ0n) is 15.7. The minimum atomic E-state index is -0.501. The Morgan fingerprint density at radius 3 is 2.48 bits per heavy atom. The van der Waals surface area contributed by atoms with E-state index in [9.17, 15) is 9.70 Å². The molecule has 0 radical (unpaired) electrons. The molecule has 1 aliphatic rings. The Morgan fingerprint density at radius 2 is 1.92 bits per heavy atom. The Bertz CT molecular complexity index is 632. The maximum atomic E-state index is 11.9. The molecule has 0 unspecified atom stereocenters. The topological polar surface area (TPSA) is 70.9 Å². The van der Waals surface area contributed by atoms with Gasteiger partial charge in [0.1, 0.15) is 11.3 Å². The van der Waals surface area contributed by atoms with Gasteiger partial charge in [-0.05, 0) is 52.2 Å². The highest BCUT2D eigenvalue weighted by Gasteiger charge is 2.29. The summed E-state index contributed by atoms with van der Waals surface area (Å²) in [7, 11) is 1.35. The zero-order chi connectivity index (χ0) is 18.6. The van der Waals surface area contributed by atoms with Gasteiger partial charge in [-0.1, -0.05) is 6.07 Å². The summed E-state index contributed by atoms with van der Waals surface area (Å²) in [5.41, 5.74) is 1.93. The van der Waals surface area contributed by atoms with Crippen LogP contribution in [0.3, 0.4) is 0 Å². The van der Waals surface area contributed by atoms with Crippen molar-refractivity contribution in [3.8, 4) is 0 Å². The molecule has 1 aromatic rings. The second kappa shape index (κ2) is 7.72. The van der Waals surface area contributed by atoms with Crippen LogP contribution in [0.4, 0.5) is 16.2 Å². The summed E-state index contributed by atoms with van der Waals surface area (Å²) in [6.45, 7) is 9.02. The van der Waals surface area contributed by atoms with Gasteiger partial charge in [0, 0.05) is 25.2 Å². The quantitative estimate of drug-likeness (QED) is 0.842. The molecular formula is C18H28N3O4+. The number of hydrogen-bond donors (Lipinski definition) is 1. The molecule has 1 aliphatic heterocycles. The molecule has 1 heterocycles. The monoisotopic (exact) mass is 350 g/mol. The highest BCUT2D eigenvalue weighted by atomic mass is 16.8. The van der Waals surface area contributed by atoms with Crippen LogP contribution in [0.15, 0.2) is 18.2 Å². The fraction of sp³-hybridized carbons (Fsp3) is 0.611. The number of piperidine rings is 1. The predicted molar refractivity (Wildman–Crippen MR) is 96.1 cm³/mol. The lowest BCUT2D eigenvalue weighted by Crippen LogP contribution is -2.46. The Kier molecular flexibility index (Phi) is 5.87. The Morgan fingerprint density at radius 1 is 1.28 bits per heavy atom. The number of carbonyl (C=O) groups is 1. The summed E-state index contributed by atoms with van der Waals surface area (Å²) in [4.78, 5) is 31.3. The number of aryl methyl sites for hydroxylation is 1. The lowest BCUT2D eigenvalue weighted by Gasteiger charge is -2.33. The molecule has 0 atom stereocenters. The summed E-state index contributed by atoms with van der Waals surface area (Å²) in [6.07, 6.45) is 1.20. The van der Waals surface area contributed by atoms with Gasteiger partial charge < -0.3 is 15.0 Å². The van der Waals surface area contributed by atoms with E-state index in [1.54, 1.807) is 6.07 Å². The molecule has 0 saturated carbocycles. The van der Waals surface area contributed by atoms with Gasteiger partial charge in [0.05, 0.1) is 4.91 Å². The van der Waals surface area contributed by atoms with E-state index in [2.05, 4.69) is 10.2 Å². The average molecular weight is 350 g/mol. The minimum Gasteiger partial charge on any atom is -0.444 e. The molecule has 0 aromatic heterocycles. The smallest absolute Gasteiger partial charge is 0.407 e. The number of hydrogen-bond acceptors (Lipinski definition) is 5. The normalized spacial score (nSPS) is 15.6. The molecule has 0 aliphatic carbocycles. The van der Waals surface area contributed by atoms with E-state index >= 15 is 0 Å². The lowest BCUT2D eigenvalue weighted by molar-refractivity contribution is -0.736. The molecule has 7 heteroatoms. The number of amides is 1. The number of nitrogens with one attached hydrogen (secondary N) is 1. The summed E-state index contributed by atoms with van der Waals surface area (Å²) in [5.74, 6) is 0. The van der Waals surface area contributed by atoms with Crippen molar-refractivity contribution in [2.24, 2.45) is 0 Å². The first-order valence-electron chi connectivity index (χ1n) is 8.56. The highest BCUT2D eigenvalue weighted by molar-refractivity contribution is 5.68. The Hall–Kier alpha value is -2.31. The molecular weight excluding hydrogens is 322 g/mol. The van der Waals surface area contributed by atoms with Crippen molar-refractivity contribution in [2.45, 2.75) is 52.2 Å². The number of rotatable bonds is 4. The molecule has 25 heavy (non-hydrogen) atoms. The molecule has 138 valence electrons. The summed E-state index contributed by atoms with van der Waals surface area (Å²) < 4.78 is 5.30. The average Bonchev–Trinajstić information content (AvgIpc) is 2.53. The van der Waals surface area contributed by atoms with Crippen molar-refractivity contribution in [1.82, 2.24) is 5.32 Å². The van der Waals surface area contributed by atoms with E-state index in [-0.39, 0.29) is 12.1 Å². The number of carbonyl (C=O) groups excluding carboxylic acids is 1.